The second-order valence-corrected chi connectivity index (χ2v) is 32.2. The number of nitrogens with one attached hydrogen (secondary N) is 7. The molecule has 0 unspecified atom stereocenters. The minimum absolute atomic E-state index is 0.122. The summed E-state index contributed by atoms with van der Waals surface area (Å²) in [6.07, 6.45) is -27.7. The van der Waals surface area contributed by atoms with Crippen molar-refractivity contribution < 1.29 is 152 Å². The summed E-state index contributed by atoms with van der Waals surface area (Å²) in [7, 11) is 2.68. The molecular weight excluding hydrogens is 1700 g/mol. The number of phenolic OH excluding ortho intramolecular Hbond substituents is 4. The van der Waals surface area contributed by atoms with Crippen molar-refractivity contribution in [2.75, 3.05) is 20.8 Å². The molecule has 27 atom stereocenters. The summed E-state index contributed by atoms with van der Waals surface area (Å²) >= 11 is 14.0. The number of rotatable bonds is 16. The first kappa shape index (κ1) is 91.3. The highest BCUT2D eigenvalue weighted by Gasteiger charge is 2.52. The first-order chi connectivity index (χ1) is 60.0. The molecule has 0 aliphatic carbocycles. The largest absolute Gasteiger partial charge is 0.508 e. The van der Waals surface area contributed by atoms with Crippen molar-refractivity contribution in [3.05, 3.63) is 176 Å². The lowest BCUT2D eigenvalue weighted by Gasteiger charge is -2.44. The quantitative estimate of drug-likeness (QED) is 0.0640. The number of halogens is 2. The summed E-state index contributed by atoms with van der Waals surface area (Å²) in [6.45, 7) is 3.47. The van der Waals surface area contributed by atoms with Crippen molar-refractivity contribution in [3.63, 3.8) is 0 Å². The predicted molar refractivity (Wildman–Crippen MR) is 433 cm³/mol. The summed E-state index contributed by atoms with van der Waals surface area (Å²) < 4.78 is 69.1. The zero-order valence-electron chi connectivity index (χ0n) is 67.4. The number of aliphatic hydroxyl groups is 8. The van der Waals surface area contributed by atoms with Crippen LogP contribution in [0.15, 0.2) is 127 Å². The zero-order valence-corrected chi connectivity index (χ0v) is 68.9. The number of likely N-dealkylation sites (N-methyl/N-ethyl adjacent to an activating group) is 1. The van der Waals surface area contributed by atoms with E-state index >= 15 is 28.8 Å². The molecule has 0 radical (unpaired) electrons. The number of methoxy groups -OCH3 is 1. The van der Waals surface area contributed by atoms with E-state index in [0.29, 0.717) is 0 Å². The summed E-state index contributed by atoms with van der Waals surface area (Å²) in [6, 6.07) is 7.58. The van der Waals surface area contributed by atoms with Crippen LogP contribution >= 0.6 is 23.2 Å². The number of carboxylic acid groups (broad SMARTS) is 1. The van der Waals surface area contributed by atoms with E-state index in [0.717, 1.165) is 60.7 Å². The Morgan fingerprint density at radius 2 is 1.10 bits per heavy atom. The number of nitrogens with two attached hydrogens (primary N) is 2. The van der Waals surface area contributed by atoms with Crippen LogP contribution in [-0.2, 0) is 66.7 Å². The molecular formula is C84H93Cl2N9O31. The van der Waals surface area contributed by atoms with Crippen LogP contribution in [0.5, 0.6) is 57.5 Å². The van der Waals surface area contributed by atoms with Gasteiger partial charge >= 0.3 is 5.97 Å². The van der Waals surface area contributed by atoms with E-state index in [1.54, 1.807) is 0 Å². The standard InChI is InChI=1S/C84H93Cl2N9O31/c1-30-65(101)46(87)27-55(117-30)124-72-37-12-19-51(45(86)22-37)122-53-24-38-23-52(73(53)126-84-75(71(107)69(105)54(29-96)123-84)125-56-28-47(88)66(102)31(2)118-56)120-40-15-8-34(9-16-40)68(104)63(94-76(108)58(89-4)33-6-13-41(14-7-33)121-83-74(116-5)70(106)67(103)32(3)119-83)80(112)91-60(36-11-18-49(99)44(85)21-36)77(109)92-61(38)79(111)90-59-35-10-17-48(98)42(20-35)57-43(25-39(97)26-50(57)100)62(82(114)115)93-81(113)64(72)95-78(59)110/h6-26,30-32,46-47,54-56,58-72,74-75,83-84,89,96-107H,27-29,87-88H2,1-5H3,(H,90,111)(H,91,112)(H,92,109)(H,93,113)(H,94,108)(H,95,110)(H,114,115)/t30-,31+,32-,46-,47+,54-,55+,56+,58+,59+,60+,61-,62-,63+,64-,65-,66+,67-,68+,69+,70+,71+,72-,74-,75-,83+,84-/m1/s1. The fourth-order valence-corrected chi connectivity index (χ4v) is 16.4. The molecule has 0 spiro atoms. The molecule has 9 aliphatic heterocycles. The Morgan fingerprint density at radius 3 is 1.70 bits per heavy atom. The number of hydrogen-bond donors (Lipinski definition) is 22. The van der Waals surface area contributed by atoms with E-state index in [9.17, 15) is 71.2 Å². The number of aromatic hydroxyl groups is 4. The minimum Gasteiger partial charge on any atom is -0.508 e. The molecule has 0 aromatic heterocycles. The van der Waals surface area contributed by atoms with E-state index in [1.807, 2.05) is 0 Å². The molecule has 7 aromatic rings. The van der Waals surface area contributed by atoms with Gasteiger partial charge in [-0.2, -0.15) is 0 Å². The lowest BCUT2D eigenvalue weighted by Crippen LogP contribution is -2.62. The molecule has 0 saturated carbocycles. The van der Waals surface area contributed by atoms with E-state index in [4.69, 9.17) is 86.8 Å². The molecule has 11 bridgehead atoms. The number of amides is 6. The number of aliphatic hydroxyl groups excluding tert-OH is 8. The Hall–Kier alpha value is -10.9. The summed E-state index contributed by atoms with van der Waals surface area (Å²) in [5.74, 6) is -15.0. The number of hydrogen-bond acceptors (Lipinski definition) is 33. The monoisotopic (exact) mass is 1790 g/mol. The number of carbonyl (C=O) groups is 7. The van der Waals surface area contributed by atoms with Crippen molar-refractivity contribution in [2.45, 2.75) is 199 Å². The third-order valence-corrected chi connectivity index (χ3v) is 23.5. The van der Waals surface area contributed by atoms with Crippen LogP contribution in [0.3, 0.4) is 0 Å². The Balaban J connectivity index is 0.965. The molecule has 24 N–H and O–H groups in total. The van der Waals surface area contributed by atoms with Gasteiger partial charge in [-0.15, -0.1) is 0 Å². The Labute approximate surface area is 726 Å². The van der Waals surface area contributed by atoms with E-state index in [1.165, 1.54) is 102 Å². The normalized spacial score (nSPS) is 32.1. The van der Waals surface area contributed by atoms with Crippen molar-refractivity contribution in [1.82, 2.24) is 37.2 Å². The lowest BCUT2D eigenvalue weighted by molar-refractivity contribution is -0.330. The summed E-state index contributed by atoms with van der Waals surface area (Å²) in [5.41, 5.74) is 10.0. The molecule has 4 saturated heterocycles. The van der Waals surface area contributed by atoms with Crippen LogP contribution < -0.4 is 67.6 Å². The number of benzene rings is 7. The maximum Gasteiger partial charge on any atom is 0.330 e. The van der Waals surface area contributed by atoms with Gasteiger partial charge in [-0.1, -0.05) is 65.7 Å². The SMILES string of the molecule is CN[C@H](C(=O)N[C@@H]1C(=O)N[C@@H](c2ccc(O)c(Cl)c2)C(=O)N[C@H]2C(=O)N[C@@H]3C(=O)N[C@@H](C(=O)N[C@@H](C(=O)O)c4cc(O)cc(O)c4-c4cc3ccc4O)[C@H](O[C@H]3C[C@@H](N)[C@H](O)[C@@H](C)O3)c3ccc(c(Cl)c3)Oc3cc2cc(c3O[C@H]2O[C@H](CO)[C@H](O)[C@H](O)[C@H]2O[C@H]2C[C@H](N)[C@@H](O)[C@H](C)O2)Oc2ccc(cc2)[C@@H]1O)c1ccc(O[C@@H]2O[C@H](C)[C@@H](O)[C@H](O)[C@H]2OC)cc1. The average Bonchev–Trinajstić information content (AvgIpc) is 0.762. The maximum atomic E-state index is 16.7. The van der Waals surface area contributed by atoms with Crippen LogP contribution in [0.1, 0.15) is 115 Å². The van der Waals surface area contributed by atoms with Gasteiger partial charge in [-0.3, -0.25) is 28.8 Å². The lowest BCUT2D eigenvalue weighted by atomic mass is 9.89. The van der Waals surface area contributed by atoms with Gasteiger partial charge in [0, 0.05) is 54.8 Å². The predicted octanol–water partition coefficient (Wildman–Crippen LogP) is 0.953. The Morgan fingerprint density at radius 1 is 0.540 bits per heavy atom. The van der Waals surface area contributed by atoms with E-state index in [2.05, 4.69) is 37.2 Å². The van der Waals surface area contributed by atoms with Crippen LogP contribution in [0.2, 0.25) is 10.0 Å². The van der Waals surface area contributed by atoms with Gasteiger partial charge in [0.1, 0.15) is 125 Å². The van der Waals surface area contributed by atoms with Crippen LogP contribution in [0, 0.1) is 0 Å². The topological polar surface area (TPSA) is 620 Å². The number of phenols is 4. The molecule has 16 rings (SSSR count). The highest BCUT2D eigenvalue weighted by atomic mass is 35.5. The fourth-order valence-electron chi connectivity index (χ4n) is 16.0. The van der Waals surface area contributed by atoms with Crippen LogP contribution in [0.25, 0.3) is 11.1 Å². The van der Waals surface area contributed by atoms with Gasteiger partial charge in [-0.25, -0.2) is 4.79 Å². The fraction of sp³-hybridized carbons (Fsp3) is 0.417. The molecule has 9 heterocycles. The molecule has 7 aromatic carbocycles. The number of aliphatic carboxylic acids is 1. The first-order valence-electron chi connectivity index (χ1n) is 39.8. The van der Waals surface area contributed by atoms with Gasteiger partial charge in [0.25, 0.3) is 0 Å². The first-order valence-corrected chi connectivity index (χ1v) is 40.6. The smallest absolute Gasteiger partial charge is 0.330 e. The summed E-state index contributed by atoms with van der Waals surface area (Å²) in [5, 5.41) is 165. The molecule has 40 nitrogen and oxygen atoms in total. The molecule has 42 heteroatoms. The Kier molecular flexibility index (Phi) is 27.5. The molecule has 674 valence electrons. The van der Waals surface area contributed by atoms with Crippen LogP contribution in [0.4, 0.5) is 0 Å². The number of ether oxygens (including phenoxy) is 11. The van der Waals surface area contributed by atoms with Crippen molar-refractivity contribution in [2.24, 2.45) is 11.5 Å². The second kappa shape index (κ2) is 37.9. The van der Waals surface area contributed by atoms with Crippen molar-refractivity contribution >= 4 is 64.6 Å². The second-order valence-electron chi connectivity index (χ2n) is 31.4. The average molecular weight is 1800 g/mol. The van der Waals surface area contributed by atoms with E-state index < -0.39 is 291 Å². The minimum atomic E-state index is -2.39. The van der Waals surface area contributed by atoms with Gasteiger partial charge in [0.15, 0.2) is 36.2 Å². The molecule has 6 amide bonds. The maximum absolute atomic E-state index is 16.7. The molecule has 126 heavy (non-hydrogen) atoms. The van der Waals surface area contributed by atoms with Gasteiger partial charge in [0.05, 0.1) is 47.2 Å². The third-order valence-electron chi connectivity index (χ3n) is 22.9. The molecule has 9 aliphatic rings. The van der Waals surface area contributed by atoms with Gasteiger partial charge < -0.3 is 167 Å². The number of carboxylic acids is 1. The van der Waals surface area contributed by atoms with Crippen molar-refractivity contribution in [3.8, 4) is 68.6 Å². The Bertz CT molecular complexity index is 5220. The van der Waals surface area contributed by atoms with Crippen molar-refractivity contribution in [1.29, 1.82) is 0 Å². The summed E-state index contributed by atoms with van der Waals surface area (Å²) in [4.78, 5) is 110. The van der Waals surface area contributed by atoms with E-state index in [-0.39, 0.29) is 52.2 Å². The van der Waals surface area contributed by atoms with Crippen LogP contribution in [-0.4, -0.2) is 251 Å². The zero-order chi connectivity index (χ0) is 90.5. The molecule has 4 fully saturated rings. The highest BCUT2D eigenvalue weighted by Crippen LogP contribution is 2.50. The highest BCUT2D eigenvalue weighted by molar-refractivity contribution is 6.32. The third kappa shape index (κ3) is 18.9. The number of fused-ring (bicyclic) bond motifs is 15. The number of carbonyl (C=O) groups excluding carboxylic acids is 6. The van der Waals surface area contributed by atoms with Gasteiger partial charge in [0.2, 0.25) is 53.8 Å². The van der Waals surface area contributed by atoms with Gasteiger partial charge in [-0.05, 0) is 140 Å².